The van der Waals surface area contributed by atoms with E-state index in [1.165, 1.54) is 0 Å². The van der Waals surface area contributed by atoms with Crippen molar-refractivity contribution in [3.63, 3.8) is 0 Å². The number of Topliss-reactive ketones (excluding diaryl/α,β-unsaturated/α-hetero) is 1. The molecule has 0 unspecified atom stereocenters. The molecule has 0 N–H and O–H groups in total. The molecule has 3 nitrogen and oxygen atoms in total. The Morgan fingerprint density at radius 3 is 3.08 bits per heavy atom. The van der Waals surface area contributed by atoms with Crippen LogP contribution in [0.3, 0.4) is 0 Å². The fourth-order valence-electron chi connectivity index (χ4n) is 1.15. The molecular formula is C10H14N2O. The summed E-state index contributed by atoms with van der Waals surface area (Å²) >= 11 is 0. The summed E-state index contributed by atoms with van der Waals surface area (Å²) in [5.41, 5.74) is 0. The van der Waals surface area contributed by atoms with Gasteiger partial charge in [0, 0.05) is 25.9 Å². The van der Waals surface area contributed by atoms with Crippen LogP contribution in [-0.4, -0.2) is 15.3 Å². The second kappa shape index (κ2) is 4.60. The molecule has 0 aliphatic heterocycles. The maximum atomic E-state index is 11.5. The molecule has 13 heavy (non-hydrogen) atoms. The van der Waals surface area contributed by atoms with E-state index in [9.17, 15) is 4.79 Å². The molecule has 0 bridgehead atoms. The maximum absolute atomic E-state index is 11.5. The Bertz CT molecular complexity index is 302. The number of hydrogen-bond donors (Lipinski definition) is 0. The average molecular weight is 178 g/mol. The number of allylic oxidation sites excluding steroid dienone is 1. The van der Waals surface area contributed by atoms with E-state index in [4.69, 9.17) is 0 Å². The van der Waals surface area contributed by atoms with Crippen molar-refractivity contribution < 1.29 is 4.79 Å². The summed E-state index contributed by atoms with van der Waals surface area (Å²) in [5, 5.41) is 0. The van der Waals surface area contributed by atoms with Crippen LogP contribution in [0.15, 0.2) is 25.0 Å². The number of imidazole rings is 1. The molecule has 70 valence electrons. The van der Waals surface area contributed by atoms with Crippen molar-refractivity contribution in [3.05, 3.63) is 30.9 Å². The molecule has 0 saturated carbocycles. The lowest BCUT2D eigenvalue weighted by Crippen LogP contribution is -2.06. The first-order chi connectivity index (χ1) is 6.25. The van der Waals surface area contributed by atoms with E-state index in [1.807, 2.05) is 13.1 Å². The Kier molecular flexibility index (Phi) is 3.43. The zero-order valence-electron chi connectivity index (χ0n) is 7.86. The van der Waals surface area contributed by atoms with Gasteiger partial charge in [0.05, 0.1) is 0 Å². The maximum Gasteiger partial charge on any atom is 0.198 e. The lowest BCUT2D eigenvalue weighted by molar-refractivity contribution is 0.0967. The van der Waals surface area contributed by atoms with Gasteiger partial charge >= 0.3 is 0 Å². The van der Waals surface area contributed by atoms with E-state index in [0.29, 0.717) is 12.2 Å². The van der Waals surface area contributed by atoms with E-state index in [-0.39, 0.29) is 5.78 Å². The summed E-state index contributed by atoms with van der Waals surface area (Å²) in [4.78, 5) is 15.5. The topological polar surface area (TPSA) is 34.9 Å². The second-order valence-corrected chi connectivity index (χ2v) is 2.97. The minimum Gasteiger partial charge on any atom is -0.332 e. The fraction of sp³-hybridized carbons (Fsp3) is 0.400. The molecule has 0 spiro atoms. The van der Waals surface area contributed by atoms with Crippen molar-refractivity contribution in [1.29, 1.82) is 0 Å². The van der Waals surface area contributed by atoms with Gasteiger partial charge in [-0.05, 0) is 12.8 Å². The second-order valence-electron chi connectivity index (χ2n) is 2.97. The van der Waals surface area contributed by atoms with Gasteiger partial charge in [0.2, 0.25) is 0 Å². The largest absolute Gasteiger partial charge is 0.332 e. The predicted octanol–water partition coefficient (Wildman–Crippen LogP) is 1.96. The molecule has 3 heteroatoms. The van der Waals surface area contributed by atoms with Gasteiger partial charge in [-0.15, -0.1) is 6.58 Å². The molecule has 1 heterocycles. The Morgan fingerprint density at radius 1 is 1.77 bits per heavy atom. The van der Waals surface area contributed by atoms with Gasteiger partial charge in [0.15, 0.2) is 11.6 Å². The highest BCUT2D eigenvalue weighted by atomic mass is 16.1. The molecule has 0 aromatic carbocycles. The summed E-state index contributed by atoms with van der Waals surface area (Å²) in [5.74, 6) is 0.651. The number of carbonyl (C=O) groups excluding carboxylic acids is 1. The van der Waals surface area contributed by atoms with Gasteiger partial charge < -0.3 is 4.57 Å². The van der Waals surface area contributed by atoms with Crippen LogP contribution >= 0.6 is 0 Å². The fourth-order valence-corrected chi connectivity index (χ4v) is 1.15. The van der Waals surface area contributed by atoms with Crippen LogP contribution in [0.2, 0.25) is 0 Å². The number of ketones is 1. The normalized spacial score (nSPS) is 9.92. The Morgan fingerprint density at radius 2 is 2.54 bits per heavy atom. The summed E-state index contributed by atoms with van der Waals surface area (Å²) in [7, 11) is 1.83. The van der Waals surface area contributed by atoms with E-state index in [1.54, 1.807) is 17.0 Å². The highest BCUT2D eigenvalue weighted by molar-refractivity contribution is 5.92. The van der Waals surface area contributed by atoms with Crippen LogP contribution in [-0.2, 0) is 7.05 Å². The summed E-state index contributed by atoms with van der Waals surface area (Å²) in [6.07, 6.45) is 7.54. The van der Waals surface area contributed by atoms with Crippen molar-refractivity contribution in [2.45, 2.75) is 19.3 Å². The van der Waals surface area contributed by atoms with Crippen molar-refractivity contribution >= 4 is 5.78 Å². The molecule has 0 aliphatic rings. The SMILES string of the molecule is C=CCCCC(=O)c1nccn1C. The minimum atomic E-state index is 0.106. The molecule has 0 radical (unpaired) electrons. The lowest BCUT2D eigenvalue weighted by atomic mass is 10.1. The van der Waals surface area contributed by atoms with Gasteiger partial charge in [-0.1, -0.05) is 6.08 Å². The number of carbonyl (C=O) groups is 1. The first kappa shape index (κ1) is 9.71. The highest BCUT2D eigenvalue weighted by Crippen LogP contribution is 2.04. The van der Waals surface area contributed by atoms with Gasteiger partial charge in [-0.3, -0.25) is 4.79 Å². The standard InChI is InChI=1S/C10H14N2O/c1-3-4-5-6-9(13)10-11-7-8-12(10)2/h3,7-8H,1,4-6H2,2H3. The number of nitrogens with zero attached hydrogens (tertiary/aromatic N) is 2. The van der Waals surface area contributed by atoms with Crippen LogP contribution < -0.4 is 0 Å². The lowest BCUT2D eigenvalue weighted by Gasteiger charge is -1.99. The van der Waals surface area contributed by atoms with Crippen LogP contribution in [0.25, 0.3) is 0 Å². The van der Waals surface area contributed by atoms with Crippen molar-refractivity contribution in [3.8, 4) is 0 Å². The predicted molar refractivity (Wildman–Crippen MR) is 51.6 cm³/mol. The van der Waals surface area contributed by atoms with Crippen LogP contribution in [0.1, 0.15) is 29.9 Å². The van der Waals surface area contributed by atoms with Gasteiger partial charge in [-0.2, -0.15) is 0 Å². The third kappa shape index (κ3) is 2.54. The average Bonchev–Trinajstić information content (AvgIpc) is 2.52. The molecule has 0 amide bonds. The zero-order valence-corrected chi connectivity index (χ0v) is 7.86. The number of hydrogen-bond acceptors (Lipinski definition) is 2. The minimum absolute atomic E-state index is 0.106. The summed E-state index contributed by atoms with van der Waals surface area (Å²) in [6, 6.07) is 0. The molecular weight excluding hydrogens is 164 g/mol. The third-order valence-electron chi connectivity index (χ3n) is 1.88. The molecule has 0 fully saturated rings. The first-order valence-corrected chi connectivity index (χ1v) is 4.37. The Balaban J connectivity index is 2.49. The third-order valence-corrected chi connectivity index (χ3v) is 1.88. The van der Waals surface area contributed by atoms with E-state index in [0.717, 1.165) is 12.8 Å². The number of aromatic nitrogens is 2. The zero-order chi connectivity index (χ0) is 9.68. The quantitative estimate of drug-likeness (QED) is 0.392. The Labute approximate surface area is 78.1 Å². The van der Waals surface area contributed by atoms with Crippen LogP contribution in [0.4, 0.5) is 0 Å². The Hall–Kier alpha value is -1.38. The summed E-state index contributed by atoms with van der Waals surface area (Å²) < 4.78 is 1.75. The molecule has 1 rings (SSSR count). The van der Waals surface area contributed by atoms with Gasteiger partial charge in [-0.25, -0.2) is 4.98 Å². The van der Waals surface area contributed by atoms with Crippen molar-refractivity contribution in [1.82, 2.24) is 9.55 Å². The molecule has 0 atom stereocenters. The monoisotopic (exact) mass is 178 g/mol. The van der Waals surface area contributed by atoms with E-state index < -0.39 is 0 Å². The molecule has 0 saturated heterocycles. The number of rotatable bonds is 5. The summed E-state index contributed by atoms with van der Waals surface area (Å²) in [6.45, 7) is 3.61. The smallest absolute Gasteiger partial charge is 0.198 e. The van der Waals surface area contributed by atoms with E-state index in [2.05, 4.69) is 11.6 Å². The first-order valence-electron chi connectivity index (χ1n) is 4.37. The van der Waals surface area contributed by atoms with Crippen LogP contribution in [0, 0.1) is 0 Å². The van der Waals surface area contributed by atoms with Gasteiger partial charge in [0.25, 0.3) is 0 Å². The molecule has 1 aromatic rings. The highest BCUT2D eigenvalue weighted by Gasteiger charge is 2.09. The molecule has 0 aliphatic carbocycles. The number of aryl methyl sites for hydroxylation is 1. The van der Waals surface area contributed by atoms with E-state index >= 15 is 0 Å². The van der Waals surface area contributed by atoms with Crippen molar-refractivity contribution in [2.24, 2.45) is 7.05 Å². The van der Waals surface area contributed by atoms with Crippen LogP contribution in [0.5, 0.6) is 0 Å². The molecule has 1 aromatic heterocycles. The van der Waals surface area contributed by atoms with Gasteiger partial charge in [0.1, 0.15) is 0 Å². The van der Waals surface area contributed by atoms with Crippen molar-refractivity contribution in [2.75, 3.05) is 0 Å². The number of unbranched alkanes of at least 4 members (excludes halogenated alkanes) is 1.